The van der Waals surface area contributed by atoms with Crippen LogP contribution < -0.4 is 14.8 Å². The fourth-order valence-corrected chi connectivity index (χ4v) is 1.91. The molecule has 2 N–H and O–H groups in total. The van der Waals surface area contributed by atoms with Gasteiger partial charge >= 0.3 is 5.97 Å². The van der Waals surface area contributed by atoms with Gasteiger partial charge in [0.2, 0.25) is 0 Å². The van der Waals surface area contributed by atoms with E-state index in [1.54, 1.807) is 44.6 Å². The molecule has 2 rings (SSSR count). The minimum Gasteiger partial charge on any atom is -0.497 e. The Kier molecular flexibility index (Phi) is 5.03. The number of rotatable bonds is 6. The van der Waals surface area contributed by atoms with Crippen molar-refractivity contribution in [1.82, 2.24) is 0 Å². The maximum atomic E-state index is 11.4. The number of aliphatic carboxylic acids is 1. The van der Waals surface area contributed by atoms with Gasteiger partial charge in [0, 0.05) is 18.0 Å². The second-order valence-electron chi connectivity index (χ2n) is 4.47. The summed E-state index contributed by atoms with van der Waals surface area (Å²) in [6.45, 7) is 0. The Labute approximate surface area is 128 Å². The molecule has 0 bridgehead atoms. The predicted molar refractivity (Wildman–Crippen MR) is 85.2 cm³/mol. The summed E-state index contributed by atoms with van der Waals surface area (Å²) in [5.41, 5.74) is 1.49. The number of carboxylic acids is 1. The minimum atomic E-state index is -1.01. The number of ether oxygens (including phenoxy) is 2. The number of hydrogen-bond donors (Lipinski definition) is 2. The summed E-state index contributed by atoms with van der Waals surface area (Å²) < 4.78 is 10.2. The van der Waals surface area contributed by atoms with Crippen molar-refractivity contribution in [2.24, 2.45) is 0 Å². The molecule has 22 heavy (non-hydrogen) atoms. The van der Waals surface area contributed by atoms with Crippen molar-refractivity contribution in [1.29, 1.82) is 0 Å². The lowest BCUT2D eigenvalue weighted by atomic mass is 10.1. The number of methoxy groups -OCH3 is 2. The van der Waals surface area contributed by atoms with E-state index in [4.69, 9.17) is 9.47 Å². The lowest BCUT2D eigenvalue weighted by molar-refractivity contribution is -0.130. The molecule has 0 spiro atoms. The zero-order valence-electron chi connectivity index (χ0n) is 12.4. The topological polar surface area (TPSA) is 67.8 Å². The molecular weight excluding hydrogens is 282 g/mol. The molecule has 0 fully saturated rings. The van der Waals surface area contributed by atoms with Crippen LogP contribution in [-0.2, 0) is 4.79 Å². The highest BCUT2D eigenvalue weighted by Crippen LogP contribution is 2.21. The van der Waals surface area contributed by atoms with Gasteiger partial charge in [0.1, 0.15) is 11.5 Å². The van der Waals surface area contributed by atoms with Crippen LogP contribution in [0.5, 0.6) is 11.5 Å². The van der Waals surface area contributed by atoms with Crippen molar-refractivity contribution in [3.05, 3.63) is 60.3 Å². The van der Waals surface area contributed by atoms with Gasteiger partial charge in [-0.05, 0) is 29.8 Å². The number of nitrogens with one attached hydrogen (secondary N) is 1. The van der Waals surface area contributed by atoms with Gasteiger partial charge < -0.3 is 19.9 Å². The molecule has 0 aliphatic rings. The van der Waals surface area contributed by atoms with Crippen LogP contribution in [0.2, 0.25) is 0 Å². The molecule has 0 heterocycles. The van der Waals surface area contributed by atoms with Crippen LogP contribution in [0.4, 0.5) is 5.69 Å². The number of carbonyl (C=O) groups is 1. The highest BCUT2D eigenvalue weighted by molar-refractivity contribution is 6.15. The molecule has 114 valence electrons. The van der Waals surface area contributed by atoms with E-state index in [0.717, 1.165) is 5.69 Å². The van der Waals surface area contributed by atoms with E-state index in [0.29, 0.717) is 17.1 Å². The van der Waals surface area contributed by atoms with Crippen LogP contribution in [0, 0.1) is 0 Å². The number of carboxylic acid groups (broad SMARTS) is 1. The molecule has 0 aromatic heterocycles. The van der Waals surface area contributed by atoms with Crippen LogP contribution in [0.1, 0.15) is 5.56 Å². The smallest absolute Gasteiger partial charge is 0.337 e. The number of anilines is 1. The van der Waals surface area contributed by atoms with Crippen LogP contribution in [-0.4, -0.2) is 25.3 Å². The zero-order chi connectivity index (χ0) is 15.9. The van der Waals surface area contributed by atoms with E-state index in [2.05, 4.69) is 5.32 Å². The van der Waals surface area contributed by atoms with Gasteiger partial charge in [0.25, 0.3) is 0 Å². The summed E-state index contributed by atoms with van der Waals surface area (Å²) in [4.78, 5) is 11.4. The van der Waals surface area contributed by atoms with E-state index in [1.165, 1.54) is 6.20 Å². The van der Waals surface area contributed by atoms with Gasteiger partial charge in [-0.25, -0.2) is 4.79 Å². The van der Waals surface area contributed by atoms with E-state index in [-0.39, 0.29) is 5.57 Å². The first-order chi connectivity index (χ1) is 10.6. The monoisotopic (exact) mass is 299 g/mol. The van der Waals surface area contributed by atoms with E-state index >= 15 is 0 Å². The maximum absolute atomic E-state index is 11.4. The van der Waals surface area contributed by atoms with E-state index in [9.17, 15) is 9.90 Å². The highest BCUT2D eigenvalue weighted by atomic mass is 16.5. The summed E-state index contributed by atoms with van der Waals surface area (Å²) in [5.74, 6) is 0.356. The minimum absolute atomic E-state index is 0.158. The Morgan fingerprint density at radius 1 is 1.05 bits per heavy atom. The summed E-state index contributed by atoms with van der Waals surface area (Å²) in [7, 11) is 3.14. The van der Waals surface area contributed by atoms with Crippen molar-refractivity contribution in [2.45, 2.75) is 0 Å². The van der Waals surface area contributed by atoms with Gasteiger partial charge in [0.15, 0.2) is 0 Å². The first-order valence-electron chi connectivity index (χ1n) is 6.62. The Bertz CT molecular complexity index is 677. The molecule has 0 aliphatic carbocycles. The Balaban J connectivity index is 2.24. The lowest BCUT2D eigenvalue weighted by Gasteiger charge is -2.07. The Morgan fingerprint density at radius 2 is 1.73 bits per heavy atom. The molecule has 0 saturated heterocycles. The first-order valence-corrected chi connectivity index (χ1v) is 6.62. The normalized spacial score (nSPS) is 10.9. The average molecular weight is 299 g/mol. The third-order valence-corrected chi connectivity index (χ3v) is 3.08. The average Bonchev–Trinajstić information content (AvgIpc) is 2.55. The van der Waals surface area contributed by atoms with Gasteiger partial charge in [0.05, 0.1) is 19.8 Å². The summed E-state index contributed by atoms with van der Waals surface area (Å²) in [6.07, 6.45) is 1.46. The number of benzene rings is 2. The fraction of sp³-hybridized carbons (Fsp3) is 0.118. The summed E-state index contributed by atoms with van der Waals surface area (Å²) >= 11 is 0. The third-order valence-electron chi connectivity index (χ3n) is 3.08. The van der Waals surface area contributed by atoms with E-state index in [1.807, 2.05) is 18.2 Å². The maximum Gasteiger partial charge on any atom is 0.337 e. The second kappa shape index (κ2) is 7.17. The van der Waals surface area contributed by atoms with Crippen LogP contribution in [0.15, 0.2) is 54.7 Å². The molecule has 5 heteroatoms. The van der Waals surface area contributed by atoms with Crippen LogP contribution in [0.25, 0.3) is 5.57 Å². The molecule has 0 saturated carbocycles. The molecule has 0 radical (unpaired) electrons. The van der Waals surface area contributed by atoms with Gasteiger partial charge in [-0.1, -0.05) is 18.2 Å². The van der Waals surface area contributed by atoms with Crippen molar-refractivity contribution in [3.8, 4) is 11.5 Å². The lowest BCUT2D eigenvalue weighted by Crippen LogP contribution is -2.03. The third kappa shape index (κ3) is 3.79. The molecular formula is C17H17NO4. The second-order valence-corrected chi connectivity index (χ2v) is 4.47. The highest BCUT2D eigenvalue weighted by Gasteiger charge is 2.10. The molecule has 0 unspecified atom stereocenters. The first kappa shape index (κ1) is 15.4. The van der Waals surface area contributed by atoms with Gasteiger partial charge in [-0.3, -0.25) is 0 Å². The summed E-state index contributed by atoms with van der Waals surface area (Å²) in [5, 5.41) is 12.3. The fourth-order valence-electron chi connectivity index (χ4n) is 1.91. The molecule has 5 nitrogen and oxygen atoms in total. The van der Waals surface area contributed by atoms with Crippen LogP contribution in [0.3, 0.4) is 0 Å². The van der Waals surface area contributed by atoms with Crippen molar-refractivity contribution < 1.29 is 19.4 Å². The molecule has 0 aliphatic heterocycles. The Morgan fingerprint density at radius 3 is 2.32 bits per heavy atom. The number of hydrogen-bond acceptors (Lipinski definition) is 4. The predicted octanol–water partition coefficient (Wildman–Crippen LogP) is 3.24. The summed E-state index contributed by atoms with van der Waals surface area (Å²) in [6, 6.07) is 14.1. The molecule has 0 atom stereocenters. The SMILES string of the molecule is COc1ccc(C(=CNc2cccc(OC)c2)C(=O)O)cc1. The zero-order valence-corrected chi connectivity index (χ0v) is 12.4. The van der Waals surface area contributed by atoms with Crippen molar-refractivity contribution in [2.75, 3.05) is 19.5 Å². The van der Waals surface area contributed by atoms with Crippen molar-refractivity contribution >= 4 is 17.2 Å². The van der Waals surface area contributed by atoms with Crippen LogP contribution >= 0.6 is 0 Å². The molecule has 2 aromatic rings. The van der Waals surface area contributed by atoms with Crippen molar-refractivity contribution in [3.63, 3.8) is 0 Å². The molecule has 0 amide bonds. The Hall–Kier alpha value is -2.95. The standard InChI is InChI=1S/C17H17NO4/c1-21-14-8-6-12(7-9-14)16(17(19)20)11-18-13-4-3-5-15(10-13)22-2/h3-11,18H,1-2H3,(H,19,20). The van der Waals surface area contributed by atoms with Gasteiger partial charge in [-0.2, -0.15) is 0 Å². The quantitative estimate of drug-likeness (QED) is 0.801. The van der Waals surface area contributed by atoms with E-state index < -0.39 is 5.97 Å². The largest absolute Gasteiger partial charge is 0.497 e. The van der Waals surface area contributed by atoms with Gasteiger partial charge in [-0.15, -0.1) is 0 Å². The molecule has 2 aromatic carbocycles.